The molecule has 2 N–H and O–H groups in total. The Balaban J connectivity index is 1.67. The van der Waals surface area contributed by atoms with Gasteiger partial charge >= 0.3 is 0 Å². The minimum atomic E-state index is -0.396. The maximum absolute atomic E-state index is 11.3. The Hall–Kier alpha value is -1.36. The number of hydrogen-bond donors (Lipinski definition) is 2. The number of rotatable bonds is 2. The van der Waals surface area contributed by atoms with Crippen molar-refractivity contribution in [2.75, 3.05) is 5.43 Å². The molecule has 0 spiro atoms. The Labute approximate surface area is 122 Å². The SMILES string of the molecule is O=c1[nH]ncc(N/N=C2/CC[C@@H]3CCCC[C@H]3C2)c1Cl. The molecule has 6 heteroatoms. The number of anilines is 1. The normalized spacial score (nSPS) is 28.1. The van der Waals surface area contributed by atoms with E-state index in [1.165, 1.54) is 44.0 Å². The fourth-order valence-corrected chi connectivity index (χ4v) is 3.53. The van der Waals surface area contributed by atoms with Crippen LogP contribution in [0.4, 0.5) is 5.69 Å². The predicted molar refractivity (Wildman–Crippen MR) is 80.2 cm³/mol. The van der Waals surface area contributed by atoms with Crippen molar-refractivity contribution in [1.82, 2.24) is 10.2 Å². The monoisotopic (exact) mass is 294 g/mol. The van der Waals surface area contributed by atoms with Crippen LogP contribution in [-0.4, -0.2) is 15.9 Å². The van der Waals surface area contributed by atoms with Crippen LogP contribution >= 0.6 is 11.6 Å². The zero-order valence-corrected chi connectivity index (χ0v) is 12.1. The molecule has 0 bridgehead atoms. The maximum atomic E-state index is 11.3. The van der Waals surface area contributed by atoms with E-state index < -0.39 is 5.56 Å². The number of nitrogens with one attached hydrogen (secondary N) is 2. The van der Waals surface area contributed by atoms with Crippen molar-refractivity contribution in [1.29, 1.82) is 0 Å². The third-order valence-corrected chi connectivity index (χ3v) is 4.87. The van der Waals surface area contributed by atoms with Gasteiger partial charge < -0.3 is 0 Å². The second-order valence-electron chi connectivity index (χ2n) is 5.76. The summed E-state index contributed by atoms with van der Waals surface area (Å²) in [5, 5.41) is 10.6. The second-order valence-corrected chi connectivity index (χ2v) is 6.14. The average molecular weight is 295 g/mol. The van der Waals surface area contributed by atoms with Crippen LogP contribution in [0, 0.1) is 11.8 Å². The highest BCUT2D eigenvalue weighted by Gasteiger charge is 2.30. The highest BCUT2D eigenvalue weighted by Crippen LogP contribution is 2.39. The van der Waals surface area contributed by atoms with E-state index in [4.69, 9.17) is 11.6 Å². The summed E-state index contributed by atoms with van der Waals surface area (Å²) in [6.07, 6.45) is 10.3. The van der Waals surface area contributed by atoms with Gasteiger partial charge in [0.25, 0.3) is 5.56 Å². The standard InChI is InChI=1S/C14H19ClN4O/c15-13-12(8-16-19-14(13)20)18-17-11-6-5-9-3-1-2-4-10(9)7-11/h8-10H,1-7H2,(H2,18,19,20)/b17-11-/t9-,10-/m0/s1. The van der Waals surface area contributed by atoms with Gasteiger partial charge in [-0.1, -0.05) is 30.9 Å². The molecule has 0 amide bonds. The third kappa shape index (κ3) is 2.87. The Morgan fingerprint density at radius 1 is 1.30 bits per heavy atom. The Bertz CT molecular complexity index is 569. The van der Waals surface area contributed by atoms with Crippen molar-refractivity contribution >= 4 is 23.0 Å². The van der Waals surface area contributed by atoms with Gasteiger partial charge in [0.2, 0.25) is 0 Å². The van der Waals surface area contributed by atoms with Gasteiger partial charge in [-0.15, -0.1) is 0 Å². The zero-order valence-electron chi connectivity index (χ0n) is 11.4. The Morgan fingerprint density at radius 2 is 2.10 bits per heavy atom. The Kier molecular flexibility index (Phi) is 4.05. The number of H-pyrrole nitrogens is 1. The molecule has 5 nitrogen and oxygen atoms in total. The highest BCUT2D eigenvalue weighted by molar-refractivity contribution is 6.32. The summed E-state index contributed by atoms with van der Waals surface area (Å²) in [5.41, 5.74) is 4.15. The second kappa shape index (κ2) is 5.95. The van der Waals surface area contributed by atoms with Gasteiger partial charge in [0.1, 0.15) is 10.7 Å². The van der Waals surface area contributed by atoms with Crippen molar-refractivity contribution in [2.24, 2.45) is 16.9 Å². The van der Waals surface area contributed by atoms with Crippen LogP contribution in [0.15, 0.2) is 16.1 Å². The van der Waals surface area contributed by atoms with E-state index >= 15 is 0 Å². The van der Waals surface area contributed by atoms with Crippen molar-refractivity contribution < 1.29 is 0 Å². The summed E-state index contributed by atoms with van der Waals surface area (Å²) in [5.74, 6) is 1.69. The van der Waals surface area contributed by atoms with E-state index in [9.17, 15) is 4.79 Å². The summed E-state index contributed by atoms with van der Waals surface area (Å²) in [7, 11) is 0. The van der Waals surface area contributed by atoms with Crippen LogP contribution in [0.3, 0.4) is 0 Å². The molecule has 1 aromatic rings. The summed E-state index contributed by atoms with van der Waals surface area (Å²) in [6, 6.07) is 0. The lowest BCUT2D eigenvalue weighted by atomic mass is 9.70. The van der Waals surface area contributed by atoms with E-state index in [2.05, 4.69) is 20.7 Å². The molecule has 2 atom stereocenters. The van der Waals surface area contributed by atoms with Crippen LogP contribution in [0.2, 0.25) is 5.02 Å². The van der Waals surface area contributed by atoms with E-state index in [1.807, 2.05) is 0 Å². The quantitative estimate of drug-likeness (QED) is 0.823. The van der Waals surface area contributed by atoms with Crippen LogP contribution in [0.5, 0.6) is 0 Å². The molecule has 1 aromatic heterocycles. The van der Waals surface area contributed by atoms with Gasteiger partial charge in [-0.3, -0.25) is 10.2 Å². The number of hydrogen-bond acceptors (Lipinski definition) is 4. The van der Waals surface area contributed by atoms with Gasteiger partial charge in [-0.25, -0.2) is 5.10 Å². The van der Waals surface area contributed by atoms with Gasteiger partial charge in [0, 0.05) is 5.71 Å². The van der Waals surface area contributed by atoms with Crippen LogP contribution in [0.1, 0.15) is 44.9 Å². The summed E-state index contributed by atoms with van der Waals surface area (Å²) in [4.78, 5) is 11.3. The van der Waals surface area contributed by atoms with E-state index in [0.717, 1.165) is 24.7 Å². The van der Waals surface area contributed by atoms with E-state index in [-0.39, 0.29) is 5.02 Å². The van der Waals surface area contributed by atoms with E-state index in [0.29, 0.717) is 5.69 Å². The van der Waals surface area contributed by atoms with Crippen LogP contribution in [-0.2, 0) is 0 Å². The number of aromatic nitrogens is 2. The van der Waals surface area contributed by atoms with Crippen molar-refractivity contribution in [3.05, 3.63) is 21.6 Å². The molecule has 2 fully saturated rings. The zero-order chi connectivity index (χ0) is 13.9. The smallest absolute Gasteiger partial charge is 0.275 e. The number of hydrazone groups is 1. The molecule has 108 valence electrons. The topological polar surface area (TPSA) is 70.1 Å². The molecule has 0 aliphatic heterocycles. The van der Waals surface area contributed by atoms with Crippen molar-refractivity contribution in [2.45, 2.75) is 44.9 Å². The molecule has 0 aromatic carbocycles. The number of nitrogens with zero attached hydrogens (tertiary/aromatic N) is 2. The lowest BCUT2D eigenvalue weighted by Gasteiger charge is -2.35. The van der Waals surface area contributed by atoms with Crippen molar-refractivity contribution in [3.63, 3.8) is 0 Å². The summed E-state index contributed by atoms with van der Waals surface area (Å²) >= 11 is 5.91. The fraction of sp³-hybridized carbons (Fsp3) is 0.643. The van der Waals surface area contributed by atoms with Gasteiger partial charge in [0.05, 0.1) is 6.20 Å². The molecular formula is C14H19ClN4O. The number of halogens is 1. The first-order valence-electron chi connectivity index (χ1n) is 7.28. The molecule has 2 aliphatic rings. The lowest BCUT2D eigenvalue weighted by molar-refractivity contribution is 0.218. The molecule has 2 saturated carbocycles. The minimum absolute atomic E-state index is 0.107. The molecule has 0 saturated heterocycles. The van der Waals surface area contributed by atoms with Crippen molar-refractivity contribution in [3.8, 4) is 0 Å². The lowest BCUT2D eigenvalue weighted by Crippen LogP contribution is -2.28. The van der Waals surface area contributed by atoms with E-state index in [1.54, 1.807) is 0 Å². The number of fused-ring (bicyclic) bond motifs is 1. The fourth-order valence-electron chi connectivity index (χ4n) is 3.39. The Morgan fingerprint density at radius 3 is 2.95 bits per heavy atom. The van der Waals surface area contributed by atoms with Gasteiger partial charge in [-0.2, -0.15) is 10.2 Å². The van der Waals surface area contributed by atoms with Gasteiger partial charge in [0.15, 0.2) is 0 Å². The molecule has 0 unspecified atom stereocenters. The highest BCUT2D eigenvalue weighted by atomic mass is 35.5. The summed E-state index contributed by atoms with van der Waals surface area (Å²) < 4.78 is 0. The summed E-state index contributed by atoms with van der Waals surface area (Å²) in [6.45, 7) is 0. The van der Waals surface area contributed by atoms with Crippen LogP contribution < -0.4 is 11.0 Å². The van der Waals surface area contributed by atoms with Gasteiger partial charge in [-0.05, 0) is 37.5 Å². The first-order chi connectivity index (χ1) is 9.74. The third-order valence-electron chi connectivity index (χ3n) is 4.50. The first kappa shape index (κ1) is 13.6. The molecule has 3 rings (SSSR count). The molecule has 0 radical (unpaired) electrons. The molecular weight excluding hydrogens is 276 g/mol. The largest absolute Gasteiger partial charge is 0.285 e. The molecule has 1 heterocycles. The number of aromatic amines is 1. The predicted octanol–water partition coefficient (Wildman–Crippen LogP) is 3.18. The van der Waals surface area contributed by atoms with Crippen LogP contribution in [0.25, 0.3) is 0 Å². The average Bonchev–Trinajstić information content (AvgIpc) is 2.48. The minimum Gasteiger partial charge on any atom is -0.275 e. The molecule has 20 heavy (non-hydrogen) atoms. The molecule has 2 aliphatic carbocycles. The first-order valence-corrected chi connectivity index (χ1v) is 7.66. The maximum Gasteiger partial charge on any atom is 0.285 e.